The van der Waals surface area contributed by atoms with E-state index in [4.69, 9.17) is 0 Å². The molecular weight excluding hydrogens is 151 g/mol. The van der Waals surface area contributed by atoms with Gasteiger partial charge in [-0.1, -0.05) is 32.6 Å². The van der Waals surface area contributed by atoms with Gasteiger partial charge in [-0.3, -0.25) is 0 Å². The van der Waals surface area contributed by atoms with Gasteiger partial charge < -0.3 is 0 Å². The molecular formula is C11H19F. The van der Waals surface area contributed by atoms with Crippen molar-refractivity contribution in [3.63, 3.8) is 0 Å². The molecule has 0 saturated heterocycles. The second kappa shape index (κ2) is 5.34. The first kappa shape index (κ1) is 9.76. The van der Waals surface area contributed by atoms with E-state index >= 15 is 0 Å². The maximum Gasteiger partial charge on any atom is 0.0859 e. The fourth-order valence-electron chi connectivity index (χ4n) is 1.83. The van der Waals surface area contributed by atoms with Gasteiger partial charge in [0.2, 0.25) is 0 Å². The summed E-state index contributed by atoms with van der Waals surface area (Å²) in [6, 6.07) is 0. The lowest BCUT2D eigenvalue weighted by atomic mass is 9.78. The number of unbranched alkanes of at least 4 members (excludes halogenated alkanes) is 3. The highest BCUT2D eigenvalue weighted by atomic mass is 19.1. The van der Waals surface area contributed by atoms with Crippen LogP contribution in [0, 0.1) is 5.92 Å². The molecule has 1 heteroatoms. The summed E-state index contributed by atoms with van der Waals surface area (Å²) in [6.45, 7) is 2.23. The average Bonchev–Trinajstić information content (AvgIpc) is 2.01. The van der Waals surface area contributed by atoms with Crippen molar-refractivity contribution in [2.75, 3.05) is 0 Å². The highest BCUT2D eigenvalue weighted by Gasteiger charge is 2.22. The van der Waals surface area contributed by atoms with Crippen LogP contribution in [0.5, 0.6) is 0 Å². The lowest BCUT2D eigenvalue weighted by Crippen LogP contribution is -2.14. The molecule has 1 aliphatic carbocycles. The van der Waals surface area contributed by atoms with Gasteiger partial charge in [0.05, 0.1) is 6.33 Å². The first-order valence-corrected chi connectivity index (χ1v) is 5.15. The summed E-state index contributed by atoms with van der Waals surface area (Å²) in [4.78, 5) is 0. The van der Waals surface area contributed by atoms with E-state index in [1.165, 1.54) is 32.1 Å². The molecule has 70 valence electrons. The van der Waals surface area contributed by atoms with Crippen LogP contribution in [0.1, 0.15) is 51.9 Å². The molecule has 0 bridgehead atoms. The molecule has 0 unspecified atom stereocenters. The van der Waals surface area contributed by atoms with Crippen LogP contribution in [0.3, 0.4) is 0 Å². The van der Waals surface area contributed by atoms with Gasteiger partial charge >= 0.3 is 0 Å². The summed E-state index contributed by atoms with van der Waals surface area (Å²) in [5.41, 5.74) is 1.02. The third-order valence-electron chi connectivity index (χ3n) is 2.72. The standard InChI is InChI=1S/C11H19F/c1-2-3-4-5-6-10-7-11(8-10)9-12/h9-10H,2-8H2,1H3. The molecule has 0 radical (unpaired) electrons. The van der Waals surface area contributed by atoms with Crippen LogP contribution < -0.4 is 0 Å². The summed E-state index contributed by atoms with van der Waals surface area (Å²) < 4.78 is 11.9. The van der Waals surface area contributed by atoms with Crippen LogP contribution in [0.15, 0.2) is 11.9 Å². The SMILES string of the molecule is CCCCCCC1CC(=CF)C1. The summed E-state index contributed by atoms with van der Waals surface area (Å²) >= 11 is 0. The van der Waals surface area contributed by atoms with Gasteiger partial charge in [-0.25, -0.2) is 4.39 Å². The van der Waals surface area contributed by atoms with Crippen LogP contribution in [0.2, 0.25) is 0 Å². The first-order valence-electron chi connectivity index (χ1n) is 5.15. The molecule has 0 nitrogen and oxygen atoms in total. The van der Waals surface area contributed by atoms with Crippen LogP contribution in [0.25, 0.3) is 0 Å². The topological polar surface area (TPSA) is 0 Å². The molecule has 1 fully saturated rings. The molecule has 12 heavy (non-hydrogen) atoms. The zero-order valence-electron chi connectivity index (χ0n) is 7.98. The lowest BCUT2D eigenvalue weighted by molar-refractivity contribution is 0.364. The minimum Gasteiger partial charge on any atom is -0.216 e. The van der Waals surface area contributed by atoms with E-state index in [0.717, 1.165) is 30.7 Å². The summed E-state index contributed by atoms with van der Waals surface area (Å²) in [5.74, 6) is 0.809. The van der Waals surface area contributed by atoms with Gasteiger partial charge in [-0.15, -0.1) is 0 Å². The van der Waals surface area contributed by atoms with Gasteiger partial charge in [0, 0.05) is 0 Å². The Hall–Kier alpha value is -0.330. The summed E-state index contributed by atoms with van der Waals surface area (Å²) in [5, 5.41) is 0. The normalized spacial score (nSPS) is 22.2. The maximum atomic E-state index is 11.9. The molecule has 0 N–H and O–H groups in total. The third kappa shape index (κ3) is 2.96. The zero-order valence-corrected chi connectivity index (χ0v) is 7.98. The maximum absolute atomic E-state index is 11.9. The number of allylic oxidation sites excluding steroid dienone is 1. The van der Waals surface area contributed by atoms with Crippen LogP contribution >= 0.6 is 0 Å². The molecule has 0 aliphatic heterocycles. The highest BCUT2D eigenvalue weighted by molar-refractivity contribution is 5.09. The Kier molecular flexibility index (Phi) is 4.34. The summed E-state index contributed by atoms with van der Waals surface area (Å²) in [7, 11) is 0. The van der Waals surface area contributed by atoms with E-state index in [1.807, 2.05) is 0 Å². The quantitative estimate of drug-likeness (QED) is 0.542. The number of halogens is 1. The van der Waals surface area contributed by atoms with E-state index in [-0.39, 0.29) is 0 Å². The fraction of sp³-hybridized carbons (Fsp3) is 0.818. The number of hydrogen-bond acceptors (Lipinski definition) is 0. The Balaban J connectivity index is 1.90. The van der Waals surface area contributed by atoms with Crippen LogP contribution in [-0.2, 0) is 0 Å². The molecule has 1 aliphatic rings. The van der Waals surface area contributed by atoms with Crippen molar-refractivity contribution in [1.29, 1.82) is 0 Å². The molecule has 0 spiro atoms. The van der Waals surface area contributed by atoms with E-state index in [0.29, 0.717) is 0 Å². The number of rotatable bonds is 5. The smallest absolute Gasteiger partial charge is 0.0859 e. The molecule has 0 heterocycles. The molecule has 0 aromatic heterocycles. The monoisotopic (exact) mass is 170 g/mol. The second-order valence-electron chi connectivity index (χ2n) is 3.89. The Labute approximate surface area is 74.9 Å². The van der Waals surface area contributed by atoms with Crippen molar-refractivity contribution in [3.8, 4) is 0 Å². The van der Waals surface area contributed by atoms with Crippen LogP contribution in [0.4, 0.5) is 4.39 Å². The average molecular weight is 170 g/mol. The van der Waals surface area contributed by atoms with E-state index in [2.05, 4.69) is 6.92 Å². The van der Waals surface area contributed by atoms with Crippen molar-refractivity contribution in [3.05, 3.63) is 11.9 Å². The lowest BCUT2D eigenvalue weighted by Gasteiger charge is -2.28. The van der Waals surface area contributed by atoms with Gasteiger partial charge in [-0.05, 0) is 30.8 Å². The first-order chi connectivity index (χ1) is 5.86. The Morgan fingerprint density at radius 2 is 2.08 bits per heavy atom. The van der Waals surface area contributed by atoms with Gasteiger partial charge in [0.15, 0.2) is 0 Å². The van der Waals surface area contributed by atoms with E-state index in [1.54, 1.807) is 0 Å². The van der Waals surface area contributed by atoms with Crippen molar-refractivity contribution in [2.24, 2.45) is 5.92 Å². The van der Waals surface area contributed by atoms with E-state index in [9.17, 15) is 4.39 Å². The molecule has 1 saturated carbocycles. The summed E-state index contributed by atoms with van der Waals surface area (Å²) in [6.07, 6.45) is 9.55. The van der Waals surface area contributed by atoms with Crippen molar-refractivity contribution >= 4 is 0 Å². The van der Waals surface area contributed by atoms with E-state index < -0.39 is 0 Å². The van der Waals surface area contributed by atoms with Crippen molar-refractivity contribution in [1.82, 2.24) is 0 Å². The highest BCUT2D eigenvalue weighted by Crippen LogP contribution is 2.36. The molecule has 0 aromatic carbocycles. The molecule has 0 amide bonds. The van der Waals surface area contributed by atoms with Crippen molar-refractivity contribution < 1.29 is 4.39 Å². The van der Waals surface area contributed by atoms with Gasteiger partial charge in [0.1, 0.15) is 0 Å². The second-order valence-corrected chi connectivity index (χ2v) is 3.89. The molecule has 0 aromatic rings. The third-order valence-corrected chi connectivity index (χ3v) is 2.72. The van der Waals surface area contributed by atoms with Gasteiger partial charge in [-0.2, -0.15) is 0 Å². The predicted octanol–water partition coefficient (Wildman–Crippen LogP) is 4.22. The predicted molar refractivity (Wildman–Crippen MR) is 50.7 cm³/mol. The Bertz CT molecular complexity index is 141. The minimum atomic E-state index is 0.794. The largest absolute Gasteiger partial charge is 0.216 e. The Morgan fingerprint density at radius 3 is 2.67 bits per heavy atom. The zero-order chi connectivity index (χ0) is 8.81. The Morgan fingerprint density at radius 1 is 1.33 bits per heavy atom. The molecule has 1 rings (SSSR count). The fourth-order valence-corrected chi connectivity index (χ4v) is 1.83. The molecule has 0 atom stereocenters. The van der Waals surface area contributed by atoms with Crippen LogP contribution in [-0.4, -0.2) is 0 Å². The van der Waals surface area contributed by atoms with Crippen molar-refractivity contribution in [2.45, 2.75) is 51.9 Å². The minimum absolute atomic E-state index is 0.794. The number of hydrogen-bond donors (Lipinski definition) is 0. The van der Waals surface area contributed by atoms with Gasteiger partial charge in [0.25, 0.3) is 0 Å².